The van der Waals surface area contributed by atoms with Crippen molar-refractivity contribution >= 4 is 0 Å². The topological polar surface area (TPSA) is 21.3 Å². The maximum atomic E-state index is 5.24. The summed E-state index contributed by atoms with van der Waals surface area (Å²) in [5.41, 5.74) is 0. The standard InChI is InChI=1S/C8H17NO.H2/c1-2-5-9-8-3-6-10-7-4-8;/h8-9H,2-7H2,1H3;1H. The normalized spacial score (nSPS) is 21.3. The summed E-state index contributed by atoms with van der Waals surface area (Å²) in [4.78, 5) is 0. The number of nitrogens with one attached hydrogen (secondary N) is 1. The fourth-order valence-corrected chi connectivity index (χ4v) is 1.25. The molecule has 0 aromatic heterocycles. The molecule has 0 amide bonds. The van der Waals surface area contributed by atoms with Crippen LogP contribution in [0.25, 0.3) is 0 Å². The van der Waals surface area contributed by atoms with E-state index in [2.05, 4.69) is 12.2 Å². The van der Waals surface area contributed by atoms with E-state index in [1.165, 1.54) is 19.3 Å². The molecule has 1 fully saturated rings. The van der Waals surface area contributed by atoms with Crippen molar-refractivity contribution in [1.29, 1.82) is 0 Å². The lowest BCUT2D eigenvalue weighted by Crippen LogP contribution is -2.35. The molecule has 0 unspecified atom stereocenters. The molecule has 0 spiro atoms. The minimum absolute atomic E-state index is 0. The Morgan fingerprint density at radius 1 is 1.50 bits per heavy atom. The molecule has 1 N–H and O–H groups in total. The van der Waals surface area contributed by atoms with Crippen LogP contribution in [-0.4, -0.2) is 25.8 Å². The van der Waals surface area contributed by atoms with Crippen LogP contribution in [-0.2, 0) is 4.74 Å². The Kier molecular flexibility index (Phi) is 3.76. The second-order valence-electron chi connectivity index (χ2n) is 2.84. The highest BCUT2D eigenvalue weighted by Gasteiger charge is 2.11. The van der Waals surface area contributed by atoms with E-state index in [0.717, 1.165) is 25.8 Å². The molecule has 2 nitrogen and oxygen atoms in total. The highest BCUT2D eigenvalue weighted by Crippen LogP contribution is 2.05. The first kappa shape index (κ1) is 8.02. The molecule has 62 valence electrons. The molecule has 10 heavy (non-hydrogen) atoms. The van der Waals surface area contributed by atoms with Gasteiger partial charge in [0, 0.05) is 20.7 Å². The lowest BCUT2D eigenvalue weighted by molar-refractivity contribution is 0.0781. The fraction of sp³-hybridized carbons (Fsp3) is 1.00. The van der Waals surface area contributed by atoms with Crippen LogP contribution in [0.1, 0.15) is 27.6 Å². The summed E-state index contributed by atoms with van der Waals surface area (Å²) in [6.45, 7) is 5.25. The van der Waals surface area contributed by atoms with Gasteiger partial charge in [0.25, 0.3) is 0 Å². The lowest BCUT2D eigenvalue weighted by atomic mass is 10.1. The maximum absolute atomic E-state index is 5.24. The molecule has 0 bridgehead atoms. The first-order valence-electron chi connectivity index (χ1n) is 4.24. The van der Waals surface area contributed by atoms with Crippen LogP contribution < -0.4 is 5.32 Å². The summed E-state index contributed by atoms with van der Waals surface area (Å²) in [6, 6.07) is 0.730. The summed E-state index contributed by atoms with van der Waals surface area (Å²) in [5.74, 6) is 0. The molecule has 0 aromatic carbocycles. The Labute approximate surface area is 64.4 Å². The summed E-state index contributed by atoms with van der Waals surface area (Å²) < 4.78 is 5.24. The number of hydrogen-bond donors (Lipinski definition) is 1. The molecule has 1 saturated heterocycles. The van der Waals surface area contributed by atoms with Crippen LogP contribution in [0, 0.1) is 0 Å². The van der Waals surface area contributed by atoms with Gasteiger partial charge in [0.05, 0.1) is 0 Å². The third-order valence-corrected chi connectivity index (χ3v) is 1.90. The van der Waals surface area contributed by atoms with Crippen LogP contribution in [0.3, 0.4) is 0 Å². The van der Waals surface area contributed by atoms with Crippen molar-refractivity contribution in [3.05, 3.63) is 0 Å². The van der Waals surface area contributed by atoms with Crippen LogP contribution in [0.5, 0.6) is 0 Å². The Morgan fingerprint density at radius 3 is 2.80 bits per heavy atom. The van der Waals surface area contributed by atoms with Gasteiger partial charge in [-0.3, -0.25) is 0 Å². The first-order chi connectivity index (χ1) is 4.93. The smallest absolute Gasteiger partial charge is 0.0480 e. The van der Waals surface area contributed by atoms with E-state index in [-0.39, 0.29) is 1.43 Å². The van der Waals surface area contributed by atoms with Gasteiger partial charge in [-0.05, 0) is 25.8 Å². The van der Waals surface area contributed by atoms with Crippen molar-refractivity contribution in [3.8, 4) is 0 Å². The predicted molar refractivity (Wildman–Crippen MR) is 44.2 cm³/mol. The molecule has 0 radical (unpaired) electrons. The van der Waals surface area contributed by atoms with Crippen molar-refractivity contribution in [1.82, 2.24) is 5.32 Å². The second kappa shape index (κ2) is 4.69. The third kappa shape index (κ3) is 2.67. The van der Waals surface area contributed by atoms with Gasteiger partial charge in [-0.1, -0.05) is 6.92 Å². The number of rotatable bonds is 3. The molecular weight excluding hydrogens is 126 g/mol. The highest BCUT2D eigenvalue weighted by atomic mass is 16.5. The van der Waals surface area contributed by atoms with Gasteiger partial charge in [-0.15, -0.1) is 0 Å². The zero-order chi connectivity index (χ0) is 7.23. The first-order valence-corrected chi connectivity index (χ1v) is 4.24. The van der Waals surface area contributed by atoms with Gasteiger partial charge in [0.1, 0.15) is 0 Å². The predicted octanol–water partition coefficient (Wildman–Crippen LogP) is 1.41. The Hall–Kier alpha value is -0.0800. The minimum Gasteiger partial charge on any atom is -0.381 e. The molecular formula is C8H19NO. The van der Waals surface area contributed by atoms with E-state index in [1.807, 2.05) is 0 Å². The van der Waals surface area contributed by atoms with Crippen molar-refractivity contribution in [2.45, 2.75) is 32.2 Å². The van der Waals surface area contributed by atoms with E-state index in [9.17, 15) is 0 Å². The molecule has 1 aliphatic rings. The van der Waals surface area contributed by atoms with Crippen molar-refractivity contribution in [2.75, 3.05) is 19.8 Å². The second-order valence-corrected chi connectivity index (χ2v) is 2.84. The summed E-state index contributed by atoms with van der Waals surface area (Å²) in [5, 5.41) is 3.49. The van der Waals surface area contributed by atoms with Crippen molar-refractivity contribution < 1.29 is 6.16 Å². The number of hydrogen-bond acceptors (Lipinski definition) is 2. The van der Waals surface area contributed by atoms with E-state index < -0.39 is 0 Å². The quantitative estimate of drug-likeness (QED) is 0.648. The van der Waals surface area contributed by atoms with Crippen molar-refractivity contribution in [3.63, 3.8) is 0 Å². The fourth-order valence-electron chi connectivity index (χ4n) is 1.25. The summed E-state index contributed by atoms with van der Waals surface area (Å²) >= 11 is 0. The summed E-state index contributed by atoms with van der Waals surface area (Å²) in [6.07, 6.45) is 3.62. The van der Waals surface area contributed by atoms with E-state index in [4.69, 9.17) is 4.74 Å². The van der Waals surface area contributed by atoms with Gasteiger partial charge < -0.3 is 10.1 Å². The Bertz CT molecular complexity index is 84.2. The molecule has 0 aromatic rings. The minimum atomic E-state index is 0. The third-order valence-electron chi connectivity index (χ3n) is 1.90. The van der Waals surface area contributed by atoms with E-state index >= 15 is 0 Å². The lowest BCUT2D eigenvalue weighted by Gasteiger charge is -2.22. The Morgan fingerprint density at radius 2 is 2.20 bits per heavy atom. The van der Waals surface area contributed by atoms with Gasteiger partial charge in [-0.25, -0.2) is 0 Å². The molecule has 1 rings (SSSR count). The molecule has 2 heteroatoms. The maximum Gasteiger partial charge on any atom is 0.0480 e. The average Bonchev–Trinajstić information content (AvgIpc) is 2.03. The van der Waals surface area contributed by atoms with E-state index in [1.54, 1.807) is 0 Å². The molecule has 0 atom stereocenters. The largest absolute Gasteiger partial charge is 0.381 e. The van der Waals surface area contributed by atoms with Crippen LogP contribution in [0.15, 0.2) is 0 Å². The average molecular weight is 145 g/mol. The van der Waals surface area contributed by atoms with Gasteiger partial charge in [0.15, 0.2) is 0 Å². The monoisotopic (exact) mass is 145 g/mol. The van der Waals surface area contributed by atoms with Crippen LogP contribution in [0.4, 0.5) is 0 Å². The number of ether oxygens (including phenoxy) is 1. The zero-order valence-electron chi connectivity index (χ0n) is 6.73. The van der Waals surface area contributed by atoms with Gasteiger partial charge in [-0.2, -0.15) is 0 Å². The molecule has 0 aliphatic carbocycles. The van der Waals surface area contributed by atoms with Gasteiger partial charge >= 0.3 is 0 Å². The Balaban J connectivity index is 0.000001000. The van der Waals surface area contributed by atoms with Crippen LogP contribution >= 0.6 is 0 Å². The van der Waals surface area contributed by atoms with Gasteiger partial charge in [0.2, 0.25) is 0 Å². The molecule has 1 aliphatic heterocycles. The van der Waals surface area contributed by atoms with Crippen molar-refractivity contribution in [2.24, 2.45) is 0 Å². The summed E-state index contributed by atoms with van der Waals surface area (Å²) in [7, 11) is 0. The highest BCUT2D eigenvalue weighted by molar-refractivity contribution is 4.68. The zero-order valence-corrected chi connectivity index (χ0v) is 6.73. The van der Waals surface area contributed by atoms with Crippen LogP contribution in [0.2, 0.25) is 0 Å². The molecule has 1 heterocycles. The SMILES string of the molecule is CCCNC1CCOCC1.[HH]. The molecule has 0 saturated carbocycles. The van der Waals surface area contributed by atoms with E-state index in [0.29, 0.717) is 0 Å².